The lowest BCUT2D eigenvalue weighted by atomic mass is 9.59. The summed E-state index contributed by atoms with van der Waals surface area (Å²) in [6.45, 7) is 1.82. The maximum Gasteiger partial charge on any atom is 0.119 e. The van der Waals surface area contributed by atoms with Crippen molar-refractivity contribution >= 4 is 0 Å². The molecule has 3 aliphatic carbocycles. The molecule has 5 rings (SSSR count). The number of benzene rings is 1. The van der Waals surface area contributed by atoms with Crippen LogP contribution in [-0.2, 0) is 16.6 Å². The largest absolute Gasteiger partial charge is 0.497 e. The predicted molar refractivity (Wildman–Crippen MR) is 104 cm³/mol. The maximum atomic E-state index is 9.16. The molecule has 2 bridgehead atoms. The molecule has 2 spiro atoms. The third-order valence-corrected chi connectivity index (χ3v) is 7.66. The topological polar surface area (TPSA) is 62.2 Å². The van der Waals surface area contributed by atoms with Crippen molar-refractivity contribution in [1.29, 1.82) is 0 Å². The van der Waals surface area contributed by atoms with Crippen molar-refractivity contribution < 1.29 is 19.7 Å². The second-order valence-corrected chi connectivity index (χ2v) is 8.86. The average molecular weight is 376 g/mol. The zero-order valence-corrected chi connectivity index (χ0v) is 16.8. The van der Waals surface area contributed by atoms with Crippen LogP contribution in [0.3, 0.4) is 0 Å². The number of likely N-dealkylation sites (tertiary alicyclic amines) is 1. The lowest BCUT2D eigenvalue weighted by Crippen LogP contribution is -2.63. The Morgan fingerprint density at radius 1 is 1.26 bits per heavy atom. The summed E-state index contributed by atoms with van der Waals surface area (Å²) in [6, 6.07) is 7.48. The van der Waals surface area contributed by atoms with E-state index in [0.29, 0.717) is 12.0 Å². The molecule has 1 aliphatic heterocycles. The maximum absolute atomic E-state index is 9.16. The summed E-state index contributed by atoms with van der Waals surface area (Å²) in [7, 11) is 5.07. The molecule has 1 aromatic rings. The quantitative estimate of drug-likeness (QED) is 0.843. The number of nitrogens with zero attached hydrogens (tertiary/aromatic N) is 1. The second-order valence-electron chi connectivity index (χ2n) is 8.86. The van der Waals surface area contributed by atoms with Crippen LogP contribution in [0.1, 0.15) is 36.8 Å². The van der Waals surface area contributed by atoms with Gasteiger partial charge < -0.3 is 24.6 Å². The van der Waals surface area contributed by atoms with Gasteiger partial charge in [0.1, 0.15) is 5.75 Å². The van der Waals surface area contributed by atoms with Crippen LogP contribution in [0, 0.1) is 11.3 Å². The Morgan fingerprint density at radius 3 is 2.78 bits per heavy atom. The van der Waals surface area contributed by atoms with Gasteiger partial charge in [-0.15, -0.1) is 0 Å². The number of aliphatic hydroxyl groups is 2. The minimum atomic E-state index is 0.118. The van der Waals surface area contributed by atoms with Crippen molar-refractivity contribution in [3.63, 3.8) is 0 Å². The summed E-state index contributed by atoms with van der Waals surface area (Å²) in [5.41, 5.74) is 3.78. The van der Waals surface area contributed by atoms with E-state index < -0.39 is 0 Å². The third kappa shape index (κ3) is 2.66. The van der Waals surface area contributed by atoms with E-state index in [1.54, 1.807) is 7.11 Å². The number of fused-ring (bicyclic) bond motifs is 2. The monoisotopic (exact) mass is 375 g/mol. The van der Waals surface area contributed by atoms with E-state index in [9.17, 15) is 0 Å². The lowest BCUT2D eigenvalue weighted by Gasteiger charge is -2.55. The Kier molecular flexibility index (Phi) is 5.00. The predicted octanol–water partition coefficient (Wildman–Crippen LogP) is 1.98. The molecule has 5 nitrogen and oxygen atoms in total. The van der Waals surface area contributed by atoms with Gasteiger partial charge in [-0.2, -0.15) is 0 Å². The second kappa shape index (κ2) is 7.03. The molecule has 0 amide bonds. The molecule has 0 radical (unpaired) electrons. The molecule has 1 saturated heterocycles. The van der Waals surface area contributed by atoms with Crippen LogP contribution < -0.4 is 4.74 Å². The van der Waals surface area contributed by atoms with Gasteiger partial charge in [0, 0.05) is 30.5 Å². The molecular weight excluding hydrogens is 342 g/mol. The van der Waals surface area contributed by atoms with Crippen LogP contribution in [-0.4, -0.2) is 68.3 Å². The van der Waals surface area contributed by atoms with Gasteiger partial charge in [0.25, 0.3) is 0 Å². The highest BCUT2D eigenvalue weighted by molar-refractivity contribution is 5.49. The summed E-state index contributed by atoms with van der Waals surface area (Å²) in [5.74, 6) is 1.71. The van der Waals surface area contributed by atoms with Crippen LogP contribution in [0.4, 0.5) is 0 Å². The smallest absolute Gasteiger partial charge is 0.119 e. The third-order valence-electron chi connectivity index (χ3n) is 7.66. The Balaban J connectivity index is 0.000000872. The van der Waals surface area contributed by atoms with Crippen LogP contribution in [0.15, 0.2) is 18.2 Å². The van der Waals surface area contributed by atoms with E-state index in [1.807, 2.05) is 0 Å². The van der Waals surface area contributed by atoms with Crippen molar-refractivity contribution in [2.24, 2.45) is 11.3 Å². The van der Waals surface area contributed by atoms with Crippen LogP contribution >= 0.6 is 0 Å². The minimum absolute atomic E-state index is 0.118. The number of aliphatic hydroxyl groups excluding tert-OH is 2. The molecule has 1 aromatic carbocycles. The number of hydrogen-bond donors (Lipinski definition) is 2. The molecule has 5 atom stereocenters. The standard InChI is InChI=1S/C21H29NO3.CH4O/c1-22-13-20-10-14-3-4-15(24-2)9-18(14)21(12-20)11-16(25-8-7-23)5-6-17(21)19(20)22;1-2/h3-4,9,16-17,19,23H,5-8,10-13H2,1-2H3;2H,1H3/t16?,17-,19?,20?,21?;/m1./s1. The normalized spacial score (nSPS) is 38.6. The fraction of sp³-hybridized carbons (Fsp3) is 0.727. The molecule has 27 heavy (non-hydrogen) atoms. The van der Waals surface area contributed by atoms with Crippen molar-refractivity contribution in [2.45, 2.75) is 49.7 Å². The SMILES string of the molecule is CO.COc1ccc2c(c1)C13CC(OCCO)CC[C@@H]1C1N(C)CC1(C2)C3. The first kappa shape index (κ1) is 19.2. The highest BCUT2D eigenvalue weighted by Gasteiger charge is 2.70. The van der Waals surface area contributed by atoms with Gasteiger partial charge in [-0.3, -0.25) is 0 Å². The van der Waals surface area contributed by atoms with Gasteiger partial charge in [0.15, 0.2) is 0 Å². The Labute approximate surface area is 162 Å². The molecule has 4 unspecified atom stereocenters. The molecule has 4 aliphatic rings. The zero-order valence-electron chi connectivity index (χ0n) is 16.8. The summed E-state index contributed by atoms with van der Waals surface area (Å²) in [4.78, 5) is 2.60. The van der Waals surface area contributed by atoms with Crippen LogP contribution in [0.2, 0.25) is 0 Å². The Hall–Kier alpha value is -1.14. The molecule has 0 aromatic heterocycles. The number of hydrogen-bond acceptors (Lipinski definition) is 5. The summed E-state index contributed by atoms with van der Waals surface area (Å²) >= 11 is 0. The minimum Gasteiger partial charge on any atom is -0.497 e. The molecule has 150 valence electrons. The molecular formula is C22H33NO4. The van der Waals surface area contributed by atoms with E-state index in [-0.39, 0.29) is 18.1 Å². The Bertz CT molecular complexity index is 695. The fourth-order valence-corrected chi connectivity index (χ4v) is 7.20. The first-order chi connectivity index (χ1) is 13.1. The van der Waals surface area contributed by atoms with Crippen molar-refractivity contribution in [2.75, 3.05) is 41.0 Å². The van der Waals surface area contributed by atoms with E-state index in [2.05, 4.69) is 30.1 Å². The van der Waals surface area contributed by atoms with Gasteiger partial charge in [-0.25, -0.2) is 0 Å². The first-order valence-corrected chi connectivity index (χ1v) is 10.2. The lowest BCUT2D eigenvalue weighted by molar-refractivity contribution is -0.0597. The van der Waals surface area contributed by atoms with E-state index in [0.717, 1.165) is 37.7 Å². The van der Waals surface area contributed by atoms with Crippen molar-refractivity contribution in [3.8, 4) is 5.75 Å². The van der Waals surface area contributed by atoms with Gasteiger partial charge in [-0.1, -0.05) is 6.07 Å². The summed E-state index contributed by atoms with van der Waals surface area (Å²) in [6.07, 6.45) is 6.28. The number of methoxy groups -OCH3 is 1. The highest BCUT2D eigenvalue weighted by atomic mass is 16.5. The van der Waals surface area contributed by atoms with Gasteiger partial charge >= 0.3 is 0 Å². The van der Waals surface area contributed by atoms with Crippen molar-refractivity contribution in [1.82, 2.24) is 4.90 Å². The van der Waals surface area contributed by atoms with Gasteiger partial charge in [-0.05, 0) is 68.3 Å². The van der Waals surface area contributed by atoms with Crippen LogP contribution in [0.25, 0.3) is 0 Å². The average Bonchev–Trinajstić information content (AvgIpc) is 2.88. The molecule has 3 fully saturated rings. The van der Waals surface area contributed by atoms with E-state index in [4.69, 9.17) is 19.7 Å². The van der Waals surface area contributed by atoms with E-state index >= 15 is 0 Å². The highest BCUT2D eigenvalue weighted by Crippen LogP contribution is 2.69. The van der Waals surface area contributed by atoms with E-state index in [1.165, 1.54) is 36.9 Å². The van der Waals surface area contributed by atoms with Gasteiger partial charge in [0.2, 0.25) is 0 Å². The fourth-order valence-electron chi connectivity index (χ4n) is 7.20. The zero-order chi connectivity index (χ0) is 19.2. The van der Waals surface area contributed by atoms with Gasteiger partial charge in [0.05, 0.1) is 26.4 Å². The summed E-state index contributed by atoms with van der Waals surface area (Å²) < 4.78 is 11.6. The molecule has 2 saturated carbocycles. The van der Waals surface area contributed by atoms with Crippen molar-refractivity contribution in [3.05, 3.63) is 29.3 Å². The Morgan fingerprint density at radius 2 is 2.07 bits per heavy atom. The molecule has 5 heteroatoms. The number of ether oxygens (including phenoxy) is 2. The first-order valence-electron chi connectivity index (χ1n) is 10.2. The molecule has 1 heterocycles. The number of rotatable bonds is 4. The summed E-state index contributed by atoms with van der Waals surface area (Å²) in [5, 5.41) is 16.2. The van der Waals surface area contributed by atoms with Crippen LogP contribution in [0.5, 0.6) is 5.75 Å². The molecule has 2 N–H and O–H groups in total.